The highest BCUT2D eigenvalue weighted by Crippen LogP contribution is 2.18. The van der Waals surface area contributed by atoms with Crippen molar-refractivity contribution < 1.29 is 4.79 Å². The van der Waals surface area contributed by atoms with Gasteiger partial charge >= 0.3 is 0 Å². The molecule has 2 aromatic rings. The Morgan fingerprint density at radius 3 is 2.74 bits per heavy atom. The Bertz CT molecular complexity index is 616. The number of carbonyl (C=O) groups excluding carboxylic acids is 1. The molecule has 0 aliphatic heterocycles. The summed E-state index contributed by atoms with van der Waals surface area (Å²) in [6.07, 6.45) is 1.58. The van der Waals surface area contributed by atoms with Gasteiger partial charge in [-0.3, -0.25) is 9.48 Å². The molecule has 0 atom stereocenters. The number of benzene rings is 1. The van der Waals surface area contributed by atoms with Crippen molar-refractivity contribution in [3.8, 4) is 0 Å². The molecule has 0 aliphatic rings. The maximum absolute atomic E-state index is 12.2. The molecule has 2 rings (SSSR count). The Morgan fingerprint density at radius 1 is 1.42 bits per heavy atom. The van der Waals surface area contributed by atoms with Crippen molar-refractivity contribution in [3.63, 3.8) is 0 Å². The zero-order valence-electron chi connectivity index (χ0n) is 11.4. The smallest absolute Gasteiger partial charge is 0.259 e. The van der Waals surface area contributed by atoms with Crippen LogP contribution in [0.4, 0.5) is 5.69 Å². The topological polar surface area (TPSA) is 72.9 Å². The van der Waals surface area contributed by atoms with E-state index in [0.717, 1.165) is 22.5 Å². The summed E-state index contributed by atoms with van der Waals surface area (Å²) in [5.74, 6) is -0.150. The van der Waals surface area contributed by atoms with E-state index in [9.17, 15) is 4.79 Å². The molecule has 1 aromatic heterocycles. The van der Waals surface area contributed by atoms with Gasteiger partial charge in [-0.15, -0.1) is 0 Å². The van der Waals surface area contributed by atoms with Gasteiger partial charge in [0.05, 0.1) is 11.8 Å². The summed E-state index contributed by atoms with van der Waals surface area (Å²) < 4.78 is 1.68. The van der Waals surface area contributed by atoms with Crippen LogP contribution in [0.1, 0.15) is 27.2 Å². The third-order valence-corrected chi connectivity index (χ3v) is 3.27. The Labute approximate surface area is 112 Å². The number of aromatic nitrogens is 2. The number of hydrogen-bond donors (Lipinski definition) is 2. The Kier molecular flexibility index (Phi) is 3.66. The first kappa shape index (κ1) is 13.3. The number of nitrogens with zero attached hydrogens (tertiary/aromatic N) is 2. The zero-order chi connectivity index (χ0) is 14.0. The fourth-order valence-corrected chi connectivity index (χ4v) is 1.84. The largest absolute Gasteiger partial charge is 0.326 e. The molecular weight excluding hydrogens is 240 g/mol. The summed E-state index contributed by atoms with van der Waals surface area (Å²) in [5.41, 5.74) is 9.82. The van der Waals surface area contributed by atoms with Gasteiger partial charge in [0.1, 0.15) is 0 Å². The molecule has 100 valence electrons. The minimum atomic E-state index is -0.150. The molecule has 1 aromatic carbocycles. The summed E-state index contributed by atoms with van der Waals surface area (Å²) in [7, 11) is 1.81. The lowest BCUT2D eigenvalue weighted by Crippen LogP contribution is -2.14. The molecule has 0 fully saturated rings. The second kappa shape index (κ2) is 5.24. The number of amides is 1. The standard InChI is InChI=1S/C14H18N4O/c1-9-4-5-11(7-15)6-13(9)17-14(19)12-8-16-18(3)10(12)2/h4-6,8H,7,15H2,1-3H3,(H,17,19). The molecule has 3 N–H and O–H groups in total. The molecule has 0 unspecified atom stereocenters. The first-order valence-corrected chi connectivity index (χ1v) is 6.12. The lowest BCUT2D eigenvalue weighted by molar-refractivity contribution is 0.102. The third-order valence-electron chi connectivity index (χ3n) is 3.27. The maximum atomic E-state index is 12.2. The number of anilines is 1. The van der Waals surface area contributed by atoms with Gasteiger partial charge in [-0.05, 0) is 31.0 Å². The summed E-state index contributed by atoms with van der Waals surface area (Å²) in [6.45, 7) is 4.27. The van der Waals surface area contributed by atoms with Crippen LogP contribution in [-0.4, -0.2) is 15.7 Å². The molecule has 0 aliphatic carbocycles. The molecule has 0 spiro atoms. The fourth-order valence-electron chi connectivity index (χ4n) is 1.84. The number of nitrogens with one attached hydrogen (secondary N) is 1. The number of aryl methyl sites for hydroxylation is 2. The van der Waals surface area contributed by atoms with Gasteiger partial charge in [-0.2, -0.15) is 5.10 Å². The van der Waals surface area contributed by atoms with Gasteiger partial charge < -0.3 is 11.1 Å². The van der Waals surface area contributed by atoms with Gasteiger partial charge in [-0.25, -0.2) is 0 Å². The van der Waals surface area contributed by atoms with Crippen molar-refractivity contribution in [2.75, 3.05) is 5.32 Å². The van der Waals surface area contributed by atoms with Crippen molar-refractivity contribution >= 4 is 11.6 Å². The zero-order valence-corrected chi connectivity index (χ0v) is 11.4. The minimum Gasteiger partial charge on any atom is -0.326 e. The van der Waals surface area contributed by atoms with Crippen LogP contribution >= 0.6 is 0 Å². The van der Waals surface area contributed by atoms with Crippen LogP contribution in [0.25, 0.3) is 0 Å². The van der Waals surface area contributed by atoms with E-state index in [1.165, 1.54) is 0 Å². The highest BCUT2D eigenvalue weighted by atomic mass is 16.1. The quantitative estimate of drug-likeness (QED) is 0.881. The average Bonchev–Trinajstić information content (AvgIpc) is 2.73. The van der Waals surface area contributed by atoms with Crippen LogP contribution in [0, 0.1) is 13.8 Å². The van der Waals surface area contributed by atoms with E-state index in [1.54, 1.807) is 10.9 Å². The van der Waals surface area contributed by atoms with Crippen molar-refractivity contribution in [1.29, 1.82) is 0 Å². The van der Waals surface area contributed by atoms with Gasteiger partial charge in [-0.1, -0.05) is 12.1 Å². The molecule has 0 bridgehead atoms. The Balaban J connectivity index is 2.26. The van der Waals surface area contributed by atoms with Crippen LogP contribution in [0.15, 0.2) is 24.4 Å². The molecule has 0 radical (unpaired) electrons. The lowest BCUT2D eigenvalue weighted by Gasteiger charge is -2.09. The SMILES string of the molecule is Cc1ccc(CN)cc1NC(=O)c1cnn(C)c1C. The van der Waals surface area contributed by atoms with E-state index in [-0.39, 0.29) is 5.91 Å². The van der Waals surface area contributed by atoms with Gasteiger partial charge in [0.25, 0.3) is 5.91 Å². The fraction of sp³-hybridized carbons (Fsp3) is 0.286. The van der Waals surface area contributed by atoms with Crippen molar-refractivity contribution in [1.82, 2.24) is 9.78 Å². The maximum Gasteiger partial charge on any atom is 0.259 e. The average molecular weight is 258 g/mol. The number of nitrogens with two attached hydrogens (primary N) is 1. The monoisotopic (exact) mass is 258 g/mol. The summed E-state index contributed by atoms with van der Waals surface area (Å²) in [5, 5.41) is 6.98. The molecule has 1 amide bonds. The van der Waals surface area contributed by atoms with E-state index >= 15 is 0 Å². The van der Waals surface area contributed by atoms with Gasteiger partial charge in [0, 0.05) is 25.0 Å². The molecular formula is C14H18N4O. The van der Waals surface area contributed by atoms with Crippen molar-refractivity contribution in [2.24, 2.45) is 12.8 Å². The van der Waals surface area contributed by atoms with E-state index in [4.69, 9.17) is 5.73 Å². The van der Waals surface area contributed by atoms with E-state index in [2.05, 4.69) is 10.4 Å². The lowest BCUT2D eigenvalue weighted by atomic mass is 10.1. The second-order valence-electron chi connectivity index (χ2n) is 4.57. The highest BCUT2D eigenvalue weighted by Gasteiger charge is 2.13. The van der Waals surface area contributed by atoms with Crippen LogP contribution in [0.2, 0.25) is 0 Å². The Morgan fingerprint density at radius 2 is 2.16 bits per heavy atom. The molecule has 1 heterocycles. The van der Waals surface area contributed by atoms with Crippen molar-refractivity contribution in [3.05, 3.63) is 46.8 Å². The third kappa shape index (κ3) is 2.66. The van der Waals surface area contributed by atoms with Crippen LogP contribution in [0.3, 0.4) is 0 Å². The molecule has 5 nitrogen and oxygen atoms in total. The number of hydrogen-bond acceptors (Lipinski definition) is 3. The summed E-state index contributed by atoms with van der Waals surface area (Å²) >= 11 is 0. The first-order chi connectivity index (χ1) is 9.02. The van der Waals surface area contributed by atoms with E-state index < -0.39 is 0 Å². The van der Waals surface area contributed by atoms with Crippen molar-refractivity contribution in [2.45, 2.75) is 20.4 Å². The van der Waals surface area contributed by atoms with Gasteiger partial charge in [0.15, 0.2) is 0 Å². The molecule has 19 heavy (non-hydrogen) atoms. The minimum absolute atomic E-state index is 0.150. The van der Waals surface area contributed by atoms with Crippen LogP contribution < -0.4 is 11.1 Å². The Hall–Kier alpha value is -2.14. The number of rotatable bonds is 3. The summed E-state index contributed by atoms with van der Waals surface area (Å²) in [6, 6.07) is 5.81. The molecule has 0 saturated carbocycles. The highest BCUT2D eigenvalue weighted by molar-refractivity contribution is 6.05. The predicted molar refractivity (Wildman–Crippen MR) is 75.0 cm³/mol. The molecule has 5 heteroatoms. The first-order valence-electron chi connectivity index (χ1n) is 6.12. The predicted octanol–water partition coefficient (Wildman–Crippen LogP) is 1.75. The van der Waals surface area contributed by atoms with Gasteiger partial charge in [0.2, 0.25) is 0 Å². The van der Waals surface area contributed by atoms with E-state index in [0.29, 0.717) is 12.1 Å². The summed E-state index contributed by atoms with van der Waals surface area (Å²) in [4.78, 5) is 12.2. The second-order valence-corrected chi connectivity index (χ2v) is 4.57. The number of carbonyl (C=O) groups is 1. The van der Waals surface area contributed by atoms with E-state index in [1.807, 2.05) is 39.1 Å². The van der Waals surface area contributed by atoms with Crippen LogP contribution in [-0.2, 0) is 13.6 Å². The molecule has 0 saturated heterocycles. The normalized spacial score (nSPS) is 10.5. The van der Waals surface area contributed by atoms with Crippen LogP contribution in [0.5, 0.6) is 0 Å².